The molecule has 3 rings (SSSR count). The zero-order valence-electron chi connectivity index (χ0n) is 19.1. The van der Waals surface area contributed by atoms with Gasteiger partial charge in [0.15, 0.2) is 5.82 Å². The third-order valence-corrected chi connectivity index (χ3v) is 6.22. The van der Waals surface area contributed by atoms with E-state index in [1.54, 1.807) is 30.5 Å². The smallest absolute Gasteiger partial charge is 0.276 e. The van der Waals surface area contributed by atoms with Crippen molar-refractivity contribution in [2.75, 3.05) is 12.4 Å². The Morgan fingerprint density at radius 2 is 2.09 bits per heavy atom. The first-order valence-electron chi connectivity index (χ1n) is 11.0. The van der Waals surface area contributed by atoms with Gasteiger partial charge in [0.05, 0.1) is 35.3 Å². The summed E-state index contributed by atoms with van der Waals surface area (Å²) < 4.78 is 0. The minimum atomic E-state index is -0.351. The maximum atomic E-state index is 12.3. The topological polar surface area (TPSA) is 75.6 Å². The molecule has 1 aromatic carbocycles. The summed E-state index contributed by atoms with van der Waals surface area (Å²) in [5.74, 6) is 1.62. The number of aliphatic imine (C=N–C) groups is 1. The molecular weight excluding hydrogens is 424 g/mol. The Morgan fingerprint density at radius 1 is 1.31 bits per heavy atom. The molecule has 2 atom stereocenters. The van der Waals surface area contributed by atoms with Crippen LogP contribution in [0.2, 0.25) is 5.02 Å². The van der Waals surface area contributed by atoms with Gasteiger partial charge in [-0.1, -0.05) is 49.6 Å². The Balaban J connectivity index is 1.88. The monoisotopic (exact) mass is 454 g/mol. The fraction of sp³-hybridized carbons (Fsp3) is 0.400. The van der Waals surface area contributed by atoms with Gasteiger partial charge in [0.2, 0.25) is 0 Å². The maximum Gasteiger partial charge on any atom is 0.276 e. The normalized spacial score (nSPS) is 21.9. The lowest BCUT2D eigenvalue weighted by Crippen LogP contribution is -2.22. The number of allylic oxidation sites excluding steroid dienone is 2. The highest BCUT2D eigenvalue weighted by Gasteiger charge is 2.19. The number of pyridine rings is 1. The van der Waals surface area contributed by atoms with Crippen molar-refractivity contribution in [1.82, 2.24) is 10.5 Å². The number of amides is 1. The van der Waals surface area contributed by atoms with E-state index in [-0.39, 0.29) is 5.91 Å². The van der Waals surface area contributed by atoms with Gasteiger partial charge < -0.3 is 5.32 Å². The number of carbonyl (C=O) groups is 1. The van der Waals surface area contributed by atoms with Crippen LogP contribution in [0.15, 0.2) is 53.2 Å². The number of para-hydroxylation sites is 1. The lowest BCUT2D eigenvalue weighted by atomic mass is 9.81. The summed E-state index contributed by atoms with van der Waals surface area (Å²) in [7, 11) is 1.40. The number of nitrogens with one attached hydrogen (secondary N) is 2. The van der Waals surface area contributed by atoms with Gasteiger partial charge in [-0.05, 0) is 56.2 Å². The molecule has 1 aliphatic rings. The van der Waals surface area contributed by atoms with Crippen LogP contribution in [0.25, 0.3) is 0 Å². The third-order valence-electron chi connectivity index (χ3n) is 5.92. The quantitative estimate of drug-likeness (QED) is 0.480. The molecule has 6 nitrogen and oxygen atoms in total. The molecule has 0 bridgehead atoms. The Labute approximate surface area is 195 Å². The lowest BCUT2D eigenvalue weighted by molar-refractivity contribution is 0.0538. The number of hydrogen-bond donors (Lipinski definition) is 2. The average molecular weight is 455 g/mol. The molecule has 0 aliphatic heterocycles. The summed E-state index contributed by atoms with van der Waals surface area (Å²) in [4.78, 5) is 26.3. The molecule has 170 valence electrons. The Bertz CT molecular complexity index is 1020. The third kappa shape index (κ3) is 6.17. The average Bonchev–Trinajstić information content (AvgIpc) is 2.77. The van der Waals surface area contributed by atoms with E-state index < -0.39 is 0 Å². The fourth-order valence-corrected chi connectivity index (χ4v) is 4.24. The molecule has 32 heavy (non-hydrogen) atoms. The maximum absolute atomic E-state index is 12.3. The molecule has 1 amide bonds. The SMILES string of the molecule is CCC1C/C(C)=C\C(=Nc2cc(Nc3ccccc3C(=O)NOC)c(Cl)cn2)CCC1C. The number of anilines is 2. The largest absolute Gasteiger partial charge is 0.353 e. The van der Waals surface area contributed by atoms with E-state index in [1.165, 1.54) is 19.1 Å². The molecule has 0 spiro atoms. The van der Waals surface area contributed by atoms with Crippen LogP contribution in [0.1, 0.15) is 56.8 Å². The summed E-state index contributed by atoms with van der Waals surface area (Å²) in [5, 5.41) is 3.68. The van der Waals surface area contributed by atoms with Crippen molar-refractivity contribution in [3.63, 3.8) is 0 Å². The van der Waals surface area contributed by atoms with Crippen LogP contribution in [0.5, 0.6) is 0 Å². The molecule has 2 unspecified atom stereocenters. The zero-order chi connectivity index (χ0) is 23.1. The van der Waals surface area contributed by atoms with Crippen molar-refractivity contribution in [2.24, 2.45) is 16.8 Å². The minimum Gasteiger partial charge on any atom is -0.353 e. The van der Waals surface area contributed by atoms with E-state index >= 15 is 0 Å². The summed E-state index contributed by atoms with van der Waals surface area (Å²) in [5.41, 5.74) is 6.40. The molecule has 7 heteroatoms. The molecule has 1 aliphatic carbocycles. The Kier molecular flexibility index (Phi) is 8.42. The van der Waals surface area contributed by atoms with Crippen LogP contribution in [0, 0.1) is 11.8 Å². The minimum absolute atomic E-state index is 0.351. The molecule has 2 aromatic rings. The van der Waals surface area contributed by atoms with E-state index in [1.807, 2.05) is 6.07 Å². The first-order valence-corrected chi connectivity index (χ1v) is 11.4. The van der Waals surface area contributed by atoms with E-state index in [0.717, 1.165) is 30.9 Å². The predicted molar refractivity (Wildman–Crippen MR) is 131 cm³/mol. The van der Waals surface area contributed by atoms with Crippen LogP contribution < -0.4 is 10.8 Å². The van der Waals surface area contributed by atoms with Gasteiger partial charge in [0.25, 0.3) is 5.91 Å². The number of carbonyl (C=O) groups excluding carboxylic acids is 1. The Hall–Kier alpha value is -2.70. The van der Waals surface area contributed by atoms with Gasteiger partial charge in [-0.2, -0.15) is 0 Å². The van der Waals surface area contributed by atoms with Gasteiger partial charge in [-0.15, -0.1) is 0 Å². The summed E-state index contributed by atoms with van der Waals surface area (Å²) in [6.45, 7) is 6.79. The van der Waals surface area contributed by atoms with E-state index in [2.05, 4.69) is 42.6 Å². The number of rotatable bonds is 6. The van der Waals surface area contributed by atoms with Crippen molar-refractivity contribution in [2.45, 2.75) is 46.5 Å². The van der Waals surface area contributed by atoms with Crippen LogP contribution >= 0.6 is 11.6 Å². The second kappa shape index (κ2) is 11.2. The molecule has 1 heterocycles. The van der Waals surface area contributed by atoms with Crippen molar-refractivity contribution >= 4 is 40.4 Å². The van der Waals surface area contributed by atoms with Gasteiger partial charge in [0.1, 0.15) is 0 Å². The molecule has 1 aromatic heterocycles. The van der Waals surface area contributed by atoms with E-state index in [4.69, 9.17) is 21.4 Å². The van der Waals surface area contributed by atoms with Crippen LogP contribution in [-0.2, 0) is 4.84 Å². The predicted octanol–water partition coefficient (Wildman–Crippen LogP) is 6.63. The zero-order valence-corrected chi connectivity index (χ0v) is 19.9. The number of nitrogens with zero attached hydrogens (tertiary/aromatic N) is 2. The van der Waals surface area contributed by atoms with E-state index in [0.29, 0.717) is 33.7 Å². The highest BCUT2D eigenvalue weighted by Crippen LogP contribution is 2.32. The van der Waals surface area contributed by atoms with Gasteiger partial charge in [-0.3, -0.25) is 9.63 Å². The lowest BCUT2D eigenvalue weighted by Gasteiger charge is -2.25. The number of hydrogen-bond acceptors (Lipinski definition) is 5. The molecule has 0 radical (unpaired) electrons. The van der Waals surface area contributed by atoms with Crippen molar-refractivity contribution in [1.29, 1.82) is 0 Å². The molecule has 0 saturated carbocycles. The Morgan fingerprint density at radius 3 is 2.84 bits per heavy atom. The van der Waals surface area contributed by atoms with Crippen molar-refractivity contribution < 1.29 is 9.63 Å². The first kappa shape index (κ1) is 24.0. The first-order chi connectivity index (χ1) is 15.4. The van der Waals surface area contributed by atoms with Gasteiger partial charge in [0, 0.05) is 11.8 Å². The molecule has 0 fully saturated rings. The number of hydroxylamine groups is 1. The summed E-state index contributed by atoms with van der Waals surface area (Å²) >= 11 is 6.39. The van der Waals surface area contributed by atoms with Gasteiger partial charge >= 0.3 is 0 Å². The van der Waals surface area contributed by atoms with Crippen LogP contribution in [0.4, 0.5) is 17.2 Å². The number of halogens is 1. The van der Waals surface area contributed by atoms with Crippen LogP contribution in [0.3, 0.4) is 0 Å². The van der Waals surface area contributed by atoms with Gasteiger partial charge in [-0.25, -0.2) is 15.5 Å². The summed E-state index contributed by atoms with van der Waals surface area (Å²) in [6.07, 6.45) is 8.12. The molecule has 2 N–H and O–H groups in total. The fourth-order valence-electron chi connectivity index (χ4n) is 4.09. The molecule has 0 saturated heterocycles. The molecular formula is C25H31ClN4O2. The second-order valence-electron chi connectivity index (χ2n) is 8.31. The van der Waals surface area contributed by atoms with Crippen molar-refractivity contribution in [3.8, 4) is 0 Å². The van der Waals surface area contributed by atoms with Crippen LogP contribution in [-0.4, -0.2) is 23.7 Å². The highest BCUT2D eigenvalue weighted by atomic mass is 35.5. The number of benzene rings is 1. The number of aromatic nitrogens is 1. The van der Waals surface area contributed by atoms with E-state index in [9.17, 15) is 4.79 Å². The highest BCUT2D eigenvalue weighted by molar-refractivity contribution is 6.33. The standard InChI is InChI=1S/C25H31ClN4O2/c1-5-18-12-16(2)13-19(11-10-17(18)3)28-24-14-23(21(26)15-27-24)29-22-9-7-6-8-20(22)25(31)30-32-4/h6-9,13-15,17-18H,5,10-12H2,1-4H3,(H,27,29)(H,30,31)/b16-13-,28-19?. The summed E-state index contributed by atoms with van der Waals surface area (Å²) in [6, 6.07) is 8.95. The van der Waals surface area contributed by atoms with Crippen molar-refractivity contribution in [3.05, 3.63) is 58.8 Å². The second-order valence-corrected chi connectivity index (χ2v) is 8.72.